The maximum atomic E-state index is 3.89. The van der Waals surface area contributed by atoms with Gasteiger partial charge in [-0.2, -0.15) is 0 Å². The normalized spacial score (nSPS) is 10.6. The summed E-state index contributed by atoms with van der Waals surface area (Å²) in [5.74, 6) is 0. The van der Waals surface area contributed by atoms with Crippen LogP contribution in [0.2, 0.25) is 0 Å². The van der Waals surface area contributed by atoms with Crippen LogP contribution in [0.3, 0.4) is 0 Å². The van der Waals surface area contributed by atoms with Crippen LogP contribution < -0.4 is 0 Å². The molecular weight excluding hydrogens is 158 g/mol. The summed E-state index contributed by atoms with van der Waals surface area (Å²) in [4.78, 5) is 1.85. The minimum Gasteiger partial charge on any atom is -0.325 e. The van der Waals surface area contributed by atoms with Gasteiger partial charge in [0.1, 0.15) is 0 Å². The van der Waals surface area contributed by atoms with Crippen LogP contribution in [0.15, 0.2) is 61.6 Å². The maximum absolute atomic E-state index is 3.89. The van der Waals surface area contributed by atoms with E-state index in [2.05, 4.69) is 19.7 Å². The highest BCUT2D eigenvalue weighted by atomic mass is 15.1. The van der Waals surface area contributed by atoms with Crippen molar-refractivity contribution in [1.82, 2.24) is 4.90 Å². The Bertz CT molecular complexity index is 256. The van der Waals surface area contributed by atoms with Gasteiger partial charge in [-0.3, -0.25) is 0 Å². The first-order valence-electron chi connectivity index (χ1n) is 4.18. The molecule has 0 atom stereocenters. The summed E-state index contributed by atoms with van der Waals surface area (Å²) in [5, 5.41) is 0. The van der Waals surface area contributed by atoms with E-state index in [1.165, 1.54) is 0 Å². The SMILES string of the molecule is C=CN(/C=C\C)C(=C)/C=C\C(=C)C. The molecule has 0 heterocycles. The second-order valence-electron chi connectivity index (χ2n) is 2.74. The lowest BCUT2D eigenvalue weighted by molar-refractivity contribution is 0.655. The van der Waals surface area contributed by atoms with Crippen LogP contribution in [0.1, 0.15) is 13.8 Å². The fraction of sp³-hybridized carbons (Fsp3) is 0.167. The van der Waals surface area contributed by atoms with Crippen LogP contribution in [0.4, 0.5) is 0 Å². The van der Waals surface area contributed by atoms with Gasteiger partial charge in [0.2, 0.25) is 0 Å². The number of rotatable bonds is 5. The van der Waals surface area contributed by atoms with Gasteiger partial charge < -0.3 is 4.90 Å². The molecule has 0 saturated carbocycles. The van der Waals surface area contributed by atoms with Gasteiger partial charge in [0.25, 0.3) is 0 Å². The van der Waals surface area contributed by atoms with Crippen LogP contribution >= 0.6 is 0 Å². The Balaban J connectivity index is 4.38. The van der Waals surface area contributed by atoms with Crippen molar-refractivity contribution in [2.45, 2.75) is 13.8 Å². The lowest BCUT2D eigenvalue weighted by atomic mass is 10.3. The van der Waals surface area contributed by atoms with E-state index in [0.717, 1.165) is 11.3 Å². The van der Waals surface area contributed by atoms with Crippen LogP contribution in [0.5, 0.6) is 0 Å². The number of hydrogen-bond donors (Lipinski definition) is 0. The van der Waals surface area contributed by atoms with E-state index in [1.807, 2.05) is 43.2 Å². The van der Waals surface area contributed by atoms with Crippen molar-refractivity contribution in [2.24, 2.45) is 0 Å². The molecule has 0 radical (unpaired) electrons. The predicted molar refractivity (Wildman–Crippen MR) is 59.9 cm³/mol. The lowest BCUT2D eigenvalue weighted by Crippen LogP contribution is -2.04. The molecule has 13 heavy (non-hydrogen) atoms. The molecule has 1 nitrogen and oxygen atoms in total. The molecule has 0 aromatic heterocycles. The zero-order chi connectivity index (χ0) is 10.3. The molecule has 0 aliphatic carbocycles. The van der Waals surface area contributed by atoms with Crippen LogP contribution in [0, 0.1) is 0 Å². The summed E-state index contributed by atoms with van der Waals surface area (Å²) in [7, 11) is 0. The molecule has 0 fully saturated rings. The minimum atomic E-state index is 0.871. The third-order valence-electron chi connectivity index (χ3n) is 1.40. The smallest absolute Gasteiger partial charge is 0.0377 e. The molecule has 0 aliphatic rings. The van der Waals surface area contributed by atoms with Crippen molar-refractivity contribution in [1.29, 1.82) is 0 Å². The van der Waals surface area contributed by atoms with E-state index in [9.17, 15) is 0 Å². The highest BCUT2D eigenvalue weighted by molar-refractivity contribution is 5.24. The van der Waals surface area contributed by atoms with E-state index in [1.54, 1.807) is 6.20 Å². The van der Waals surface area contributed by atoms with Gasteiger partial charge in [0.05, 0.1) is 0 Å². The molecule has 1 heteroatoms. The standard InChI is InChI=1S/C12H17N/c1-6-10-13(7-2)12(5)9-8-11(3)4/h6-10H,2-3,5H2,1,4H3/b9-8-,10-6-. The Kier molecular flexibility index (Phi) is 5.37. The molecule has 70 valence electrons. The Labute approximate surface area is 81.1 Å². The monoisotopic (exact) mass is 175 g/mol. The molecule has 0 rings (SSSR count). The molecule has 0 aromatic rings. The van der Waals surface area contributed by atoms with Crippen LogP contribution in [0.25, 0.3) is 0 Å². The predicted octanol–water partition coefficient (Wildman–Crippen LogP) is 3.61. The molecule has 0 spiro atoms. The van der Waals surface area contributed by atoms with E-state index < -0.39 is 0 Å². The van der Waals surface area contributed by atoms with E-state index in [4.69, 9.17) is 0 Å². The first-order valence-corrected chi connectivity index (χ1v) is 4.18. The van der Waals surface area contributed by atoms with Crippen LogP contribution in [-0.2, 0) is 0 Å². The highest BCUT2D eigenvalue weighted by Gasteiger charge is 1.93. The average Bonchev–Trinajstić information content (AvgIpc) is 2.10. The van der Waals surface area contributed by atoms with Gasteiger partial charge in [-0.05, 0) is 19.9 Å². The van der Waals surface area contributed by atoms with Gasteiger partial charge in [-0.15, -0.1) is 0 Å². The molecule has 0 unspecified atom stereocenters. The Morgan fingerprint density at radius 3 is 2.23 bits per heavy atom. The summed E-state index contributed by atoms with van der Waals surface area (Å²) < 4.78 is 0. The van der Waals surface area contributed by atoms with Gasteiger partial charge in [-0.1, -0.05) is 37.5 Å². The number of allylic oxidation sites excluding steroid dienone is 4. The molecule has 0 saturated heterocycles. The largest absolute Gasteiger partial charge is 0.325 e. The van der Waals surface area contributed by atoms with Crippen molar-refractivity contribution in [3.05, 3.63) is 61.6 Å². The quantitative estimate of drug-likeness (QED) is 0.577. The average molecular weight is 175 g/mol. The molecular formula is C12H17N. The Morgan fingerprint density at radius 2 is 1.85 bits per heavy atom. The van der Waals surface area contributed by atoms with Gasteiger partial charge >= 0.3 is 0 Å². The van der Waals surface area contributed by atoms with Crippen molar-refractivity contribution < 1.29 is 0 Å². The summed E-state index contributed by atoms with van der Waals surface area (Å²) in [6, 6.07) is 0. The summed E-state index contributed by atoms with van der Waals surface area (Å²) in [6.45, 7) is 15.2. The van der Waals surface area contributed by atoms with E-state index >= 15 is 0 Å². The molecule has 0 aliphatic heterocycles. The van der Waals surface area contributed by atoms with Gasteiger partial charge in [0, 0.05) is 18.1 Å². The molecule has 0 amide bonds. The first-order chi connectivity index (χ1) is 6.11. The highest BCUT2D eigenvalue weighted by Crippen LogP contribution is 2.06. The second kappa shape index (κ2) is 6.06. The maximum Gasteiger partial charge on any atom is 0.0377 e. The number of hydrogen-bond acceptors (Lipinski definition) is 1. The van der Waals surface area contributed by atoms with Gasteiger partial charge in [0.15, 0.2) is 0 Å². The van der Waals surface area contributed by atoms with Crippen molar-refractivity contribution in [3.8, 4) is 0 Å². The Morgan fingerprint density at radius 1 is 1.23 bits per heavy atom. The molecule has 0 bridgehead atoms. The summed E-state index contributed by atoms with van der Waals surface area (Å²) >= 11 is 0. The lowest BCUT2D eigenvalue weighted by Gasteiger charge is -2.14. The van der Waals surface area contributed by atoms with E-state index in [-0.39, 0.29) is 0 Å². The minimum absolute atomic E-state index is 0.871. The zero-order valence-corrected chi connectivity index (χ0v) is 8.46. The summed E-state index contributed by atoms with van der Waals surface area (Å²) in [6.07, 6.45) is 9.37. The summed E-state index contributed by atoms with van der Waals surface area (Å²) in [5.41, 5.74) is 1.88. The topological polar surface area (TPSA) is 3.24 Å². The molecule has 0 aromatic carbocycles. The van der Waals surface area contributed by atoms with Gasteiger partial charge in [-0.25, -0.2) is 0 Å². The fourth-order valence-corrected chi connectivity index (χ4v) is 0.759. The first kappa shape index (κ1) is 11.5. The fourth-order valence-electron chi connectivity index (χ4n) is 0.759. The third kappa shape index (κ3) is 4.86. The number of nitrogens with zero attached hydrogens (tertiary/aromatic N) is 1. The van der Waals surface area contributed by atoms with Crippen molar-refractivity contribution >= 4 is 0 Å². The Hall–Kier alpha value is -1.50. The zero-order valence-electron chi connectivity index (χ0n) is 8.46. The van der Waals surface area contributed by atoms with E-state index in [0.29, 0.717) is 0 Å². The van der Waals surface area contributed by atoms with Crippen molar-refractivity contribution in [2.75, 3.05) is 0 Å². The second-order valence-corrected chi connectivity index (χ2v) is 2.74. The third-order valence-corrected chi connectivity index (χ3v) is 1.40. The van der Waals surface area contributed by atoms with Crippen molar-refractivity contribution in [3.63, 3.8) is 0 Å². The van der Waals surface area contributed by atoms with Crippen LogP contribution in [-0.4, -0.2) is 4.90 Å². The molecule has 0 N–H and O–H groups in total.